The highest BCUT2D eigenvalue weighted by atomic mass is 19.1. The second-order valence-corrected chi connectivity index (χ2v) is 4.75. The van der Waals surface area contributed by atoms with Gasteiger partial charge in [0, 0.05) is 13.7 Å². The van der Waals surface area contributed by atoms with E-state index in [1.54, 1.807) is 25.3 Å². The maximum absolute atomic E-state index is 13.5. The first-order valence-corrected chi connectivity index (χ1v) is 6.19. The van der Waals surface area contributed by atoms with Crippen molar-refractivity contribution in [1.29, 1.82) is 0 Å². The van der Waals surface area contributed by atoms with E-state index in [-0.39, 0.29) is 11.3 Å². The minimum absolute atomic E-state index is 0.147. The molecule has 18 heavy (non-hydrogen) atoms. The fraction of sp³-hybridized carbons (Fsp3) is 0.500. The number of ether oxygens (including phenoxy) is 1. The van der Waals surface area contributed by atoms with E-state index in [4.69, 9.17) is 4.74 Å². The summed E-state index contributed by atoms with van der Waals surface area (Å²) >= 11 is 0. The van der Waals surface area contributed by atoms with Gasteiger partial charge in [0.05, 0.1) is 18.7 Å². The Hall–Kier alpha value is -1.26. The van der Waals surface area contributed by atoms with Gasteiger partial charge in [-0.2, -0.15) is 0 Å². The summed E-state index contributed by atoms with van der Waals surface area (Å²) < 4.78 is 18.6. The van der Waals surface area contributed by atoms with Crippen molar-refractivity contribution in [1.82, 2.24) is 4.90 Å². The number of likely N-dealkylation sites (tertiary alicyclic amines) is 1. The molecule has 1 aliphatic heterocycles. The Labute approximate surface area is 107 Å². The zero-order valence-corrected chi connectivity index (χ0v) is 10.6. The molecule has 0 bridgehead atoms. The average Bonchev–Trinajstić information content (AvgIpc) is 2.77. The van der Waals surface area contributed by atoms with Crippen LogP contribution in [0.1, 0.15) is 16.8 Å². The van der Waals surface area contributed by atoms with E-state index in [0.717, 1.165) is 26.1 Å². The number of carbonyl (C=O) groups excluding carboxylic acids is 1. The number of nitrogens with zero attached hydrogens (tertiary/aromatic N) is 1. The van der Waals surface area contributed by atoms with Gasteiger partial charge < -0.3 is 4.74 Å². The first kappa shape index (κ1) is 13.2. The van der Waals surface area contributed by atoms with Gasteiger partial charge in [0.25, 0.3) is 0 Å². The lowest BCUT2D eigenvalue weighted by Gasteiger charge is -2.15. The molecule has 1 unspecified atom stereocenters. The van der Waals surface area contributed by atoms with Crippen LogP contribution in [0.15, 0.2) is 24.3 Å². The highest BCUT2D eigenvalue weighted by Gasteiger charge is 2.24. The Balaban J connectivity index is 1.91. The molecule has 1 aliphatic rings. The third-order valence-corrected chi connectivity index (χ3v) is 3.31. The zero-order valence-electron chi connectivity index (χ0n) is 10.6. The second-order valence-electron chi connectivity index (χ2n) is 4.75. The number of hydrogen-bond acceptors (Lipinski definition) is 3. The van der Waals surface area contributed by atoms with Crippen molar-refractivity contribution in [2.75, 3.05) is 33.4 Å². The summed E-state index contributed by atoms with van der Waals surface area (Å²) in [4.78, 5) is 14.0. The molecular weight excluding hydrogens is 233 g/mol. The Kier molecular flexibility index (Phi) is 4.44. The van der Waals surface area contributed by atoms with Crippen LogP contribution in [0.3, 0.4) is 0 Å². The van der Waals surface area contributed by atoms with E-state index >= 15 is 0 Å². The van der Waals surface area contributed by atoms with Gasteiger partial charge >= 0.3 is 0 Å². The number of carbonyl (C=O) groups is 1. The van der Waals surface area contributed by atoms with Crippen molar-refractivity contribution in [3.05, 3.63) is 35.6 Å². The summed E-state index contributed by atoms with van der Waals surface area (Å²) in [6.45, 7) is 2.76. The van der Waals surface area contributed by atoms with Crippen molar-refractivity contribution in [3.63, 3.8) is 0 Å². The molecule has 2 rings (SSSR count). The molecule has 1 heterocycles. The van der Waals surface area contributed by atoms with E-state index in [2.05, 4.69) is 4.90 Å². The van der Waals surface area contributed by atoms with Crippen LogP contribution in [0.5, 0.6) is 0 Å². The third-order valence-electron chi connectivity index (χ3n) is 3.31. The molecule has 3 nitrogen and oxygen atoms in total. The summed E-state index contributed by atoms with van der Waals surface area (Å²) in [5, 5.41) is 0. The average molecular weight is 251 g/mol. The van der Waals surface area contributed by atoms with Crippen molar-refractivity contribution in [2.24, 2.45) is 5.92 Å². The van der Waals surface area contributed by atoms with E-state index in [9.17, 15) is 9.18 Å². The maximum atomic E-state index is 13.5. The lowest BCUT2D eigenvalue weighted by molar-refractivity contribution is 0.0933. The largest absolute Gasteiger partial charge is 0.384 e. The fourth-order valence-electron chi connectivity index (χ4n) is 2.40. The molecular formula is C14H18FNO2. The minimum atomic E-state index is -0.435. The van der Waals surface area contributed by atoms with Crippen LogP contribution in [0.25, 0.3) is 0 Å². The van der Waals surface area contributed by atoms with Crippen LogP contribution in [0.2, 0.25) is 0 Å². The monoisotopic (exact) mass is 251 g/mol. The fourth-order valence-corrected chi connectivity index (χ4v) is 2.40. The smallest absolute Gasteiger partial charge is 0.179 e. The van der Waals surface area contributed by atoms with Crippen molar-refractivity contribution < 1.29 is 13.9 Å². The van der Waals surface area contributed by atoms with Gasteiger partial charge in [0.1, 0.15) is 5.82 Å². The molecule has 1 aromatic rings. The molecule has 0 amide bonds. The van der Waals surface area contributed by atoms with E-state index in [1.165, 1.54) is 6.07 Å². The number of ketones is 1. The van der Waals surface area contributed by atoms with E-state index < -0.39 is 5.82 Å². The van der Waals surface area contributed by atoms with Gasteiger partial charge in [-0.25, -0.2) is 4.39 Å². The molecule has 1 atom stereocenters. The van der Waals surface area contributed by atoms with Crippen LogP contribution in [0, 0.1) is 11.7 Å². The van der Waals surface area contributed by atoms with Crippen molar-refractivity contribution >= 4 is 5.78 Å². The number of rotatable bonds is 5. The first-order chi connectivity index (χ1) is 8.70. The van der Waals surface area contributed by atoms with E-state index in [1.807, 2.05) is 0 Å². The number of Topliss-reactive ketones (excluding diaryl/α,β-unsaturated/α-hetero) is 1. The predicted molar refractivity (Wildman–Crippen MR) is 67.2 cm³/mol. The zero-order chi connectivity index (χ0) is 13.0. The number of hydrogen-bond donors (Lipinski definition) is 0. The summed E-state index contributed by atoms with van der Waals surface area (Å²) in [5.41, 5.74) is 0.188. The molecule has 0 saturated carbocycles. The first-order valence-electron chi connectivity index (χ1n) is 6.19. The Morgan fingerprint density at radius 2 is 2.28 bits per heavy atom. The standard InChI is InChI=1S/C14H18FNO2/c1-18-10-11-6-7-16(8-11)9-14(17)12-4-2-3-5-13(12)15/h2-5,11H,6-10H2,1H3. The van der Waals surface area contributed by atoms with Crippen LogP contribution in [0.4, 0.5) is 4.39 Å². The van der Waals surface area contributed by atoms with Gasteiger partial charge in [-0.3, -0.25) is 9.69 Å². The van der Waals surface area contributed by atoms with Crippen molar-refractivity contribution in [2.45, 2.75) is 6.42 Å². The normalized spacial score (nSPS) is 20.2. The van der Waals surface area contributed by atoms with Crippen LogP contribution in [-0.2, 0) is 4.74 Å². The van der Waals surface area contributed by atoms with Crippen LogP contribution in [-0.4, -0.2) is 44.0 Å². The lowest BCUT2D eigenvalue weighted by Crippen LogP contribution is -2.28. The SMILES string of the molecule is COCC1CCN(CC(=O)c2ccccc2F)C1. The van der Waals surface area contributed by atoms with Gasteiger partial charge in [-0.15, -0.1) is 0 Å². The van der Waals surface area contributed by atoms with Gasteiger partial charge in [0.15, 0.2) is 5.78 Å². The molecule has 1 aromatic carbocycles. The van der Waals surface area contributed by atoms with Crippen molar-refractivity contribution in [3.8, 4) is 0 Å². The molecule has 98 valence electrons. The summed E-state index contributed by atoms with van der Waals surface area (Å²) in [6, 6.07) is 6.15. The molecule has 0 N–H and O–H groups in total. The topological polar surface area (TPSA) is 29.5 Å². The minimum Gasteiger partial charge on any atom is -0.384 e. The molecule has 0 radical (unpaired) electrons. The summed E-state index contributed by atoms with van der Waals surface area (Å²) in [5.74, 6) is -0.0928. The quantitative estimate of drug-likeness (QED) is 0.749. The molecule has 4 heteroatoms. The number of benzene rings is 1. The molecule has 1 saturated heterocycles. The number of methoxy groups -OCH3 is 1. The number of halogens is 1. The Morgan fingerprint density at radius 1 is 1.50 bits per heavy atom. The van der Waals surface area contributed by atoms with Gasteiger partial charge in [-0.05, 0) is 31.0 Å². The second kappa shape index (κ2) is 6.07. The maximum Gasteiger partial charge on any atom is 0.179 e. The molecule has 0 aromatic heterocycles. The van der Waals surface area contributed by atoms with E-state index in [0.29, 0.717) is 12.5 Å². The van der Waals surface area contributed by atoms with Gasteiger partial charge in [-0.1, -0.05) is 12.1 Å². The Morgan fingerprint density at radius 3 is 3.00 bits per heavy atom. The third kappa shape index (κ3) is 3.15. The van der Waals surface area contributed by atoms with Gasteiger partial charge in [0.2, 0.25) is 0 Å². The predicted octanol–water partition coefficient (Wildman–Crippen LogP) is 1.98. The lowest BCUT2D eigenvalue weighted by atomic mass is 10.1. The highest BCUT2D eigenvalue weighted by Crippen LogP contribution is 2.17. The molecule has 0 aliphatic carbocycles. The summed E-state index contributed by atoms with van der Waals surface area (Å²) in [7, 11) is 1.69. The highest BCUT2D eigenvalue weighted by molar-refractivity contribution is 5.97. The molecule has 1 fully saturated rings. The summed E-state index contributed by atoms with van der Waals surface area (Å²) in [6.07, 6.45) is 1.04. The van der Waals surface area contributed by atoms with Crippen LogP contribution < -0.4 is 0 Å². The van der Waals surface area contributed by atoms with Crippen LogP contribution >= 0.6 is 0 Å². The molecule has 0 spiro atoms. The Bertz CT molecular complexity index is 422.